The lowest BCUT2D eigenvalue weighted by Crippen LogP contribution is -2.49. The lowest BCUT2D eigenvalue weighted by atomic mass is 10.0. The van der Waals surface area contributed by atoms with Crippen molar-refractivity contribution < 1.29 is 9.53 Å². The zero-order chi connectivity index (χ0) is 23.5. The number of amides is 1. The molecule has 0 unspecified atom stereocenters. The first-order chi connectivity index (χ1) is 16.7. The van der Waals surface area contributed by atoms with Crippen LogP contribution >= 0.6 is 22.7 Å². The van der Waals surface area contributed by atoms with E-state index in [-0.39, 0.29) is 11.9 Å². The molecule has 0 aliphatic carbocycles. The molecule has 1 aromatic carbocycles. The van der Waals surface area contributed by atoms with Crippen molar-refractivity contribution in [2.45, 2.75) is 32.2 Å². The number of methoxy groups -OCH3 is 1. The van der Waals surface area contributed by atoms with Gasteiger partial charge in [-0.05, 0) is 55.5 Å². The van der Waals surface area contributed by atoms with Crippen LogP contribution in [0.4, 0.5) is 5.82 Å². The molecule has 1 amide bonds. The number of aromatic nitrogens is 3. The molecule has 9 heteroatoms. The standard InChI is InChI=1S/C25H27N5O2S2/c1-16-15-33-20-9-12-27-23(22(16)20)30(19-4-3-11-26-14-19)25(31)18-7-5-17(6-8-18)24-29-28-21(34-24)10-13-32-2/h5-9,12,15,19,26H,3-4,10-11,13-14H2,1-2H3/t19-/m1/s1. The summed E-state index contributed by atoms with van der Waals surface area (Å²) in [5.74, 6) is 0.731. The average molecular weight is 494 g/mol. The van der Waals surface area contributed by atoms with Gasteiger partial charge in [0.1, 0.15) is 15.8 Å². The van der Waals surface area contributed by atoms with Crippen LogP contribution in [0, 0.1) is 6.92 Å². The van der Waals surface area contributed by atoms with Crippen molar-refractivity contribution in [3.8, 4) is 10.6 Å². The van der Waals surface area contributed by atoms with E-state index < -0.39 is 0 Å². The Labute approximate surface area is 206 Å². The molecule has 0 bridgehead atoms. The highest BCUT2D eigenvalue weighted by molar-refractivity contribution is 7.17. The number of anilines is 1. The molecular weight excluding hydrogens is 466 g/mol. The van der Waals surface area contributed by atoms with Gasteiger partial charge in [0.15, 0.2) is 0 Å². The van der Waals surface area contributed by atoms with Gasteiger partial charge in [-0.15, -0.1) is 21.5 Å². The summed E-state index contributed by atoms with van der Waals surface area (Å²) in [5.41, 5.74) is 2.75. The number of aryl methyl sites for hydroxylation is 1. The predicted molar refractivity (Wildman–Crippen MR) is 138 cm³/mol. The van der Waals surface area contributed by atoms with Crippen molar-refractivity contribution in [3.05, 3.63) is 58.0 Å². The van der Waals surface area contributed by atoms with Crippen molar-refractivity contribution in [1.29, 1.82) is 0 Å². The van der Waals surface area contributed by atoms with E-state index in [0.29, 0.717) is 12.2 Å². The lowest BCUT2D eigenvalue weighted by molar-refractivity contribution is 0.0972. The van der Waals surface area contributed by atoms with Crippen molar-refractivity contribution in [2.75, 3.05) is 31.7 Å². The fourth-order valence-corrected chi connectivity index (χ4v) is 6.10. The van der Waals surface area contributed by atoms with E-state index in [0.717, 1.165) is 69.4 Å². The zero-order valence-electron chi connectivity index (χ0n) is 19.3. The van der Waals surface area contributed by atoms with Gasteiger partial charge in [0.2, 0.25) is 0 Å². The maximum Gasteiger partial charge on any atom is 0.259 e. The molecule has 1 aliphatic heterocycles. The number of nitrogens with one attached hydrogen (secondary N) is 1. The minimum Gasteiger partial charge on any atom is -0.384 e. The fourth-order valence-electron chi connectivity index (χ4n) is 4.34. The van der Waals surface area contributed by atoms with Crippen LogP contribution in [-0.2, 0) is 11.2 Å². The number of rotatable bonds is 7. The van der Waals surface area contributed by atoms with E-state index in [4.69, 9.17) is 9.72 Å². The molecule has 0 radical (unpaired) electrons. The van der Waals surface area contributed by atoms with Crippen molar-refractivity contribution in [3.63, 3.8) is 0 Å². The Morgan fingerprint density at radius 2 is 2.09 bits per heavy atom. The summed E-state index contributed by atoms with van der Waals surface area (Å²) >= 11 is 3.25. The van der Waals surface area contributed by atoms with Crippen LogP contribution in [0.25, 0.3) is 20.7 Å². The number of hydrogen-bond acceptors (Lipinski definition) is 8. The number of ether oxygens (including phenoxy) is 1. The Morgan fingerprint density at radius 3 is 2.85 bits per heavy atom. The van der Waals surface area contributed by atoms with Gasteiger partial charge < -0.3 is 10.1 Å². The van der Waals surface area contributed by atoms with Gasteiger partial charge in [-0.25, -0.2) is 4.98 Å². The summed E-state index contributed by atoms with van der Waals surface area (Å²) < 4.78 is 6.28. The largest absolute Gasteiger partial charge is 0.384 e. The molecule has 4 aromatic rings. The quantitative estimate of drug-likeness (QED) is 0.402. The fraction of sp³-hybridized carbons (Fsp3) is 0.360. The van der Waals surface area contributed by atoms with Crippen LogP contribution in [0.3, 0.4) is 0 Å². The first-order valence-corrected chi connectivity index (χ1v) is 13.1. The molecule has 5 rings (SSSR count). The number of benzene rings is 1. The lowest BCUT2D eigenvalue weighted by Gasteiger charge is -2.34. The SMILES string of the molecule is COCCc1nnc(-c2ccc(C(=O)N(c3nccc4scc(C)c34)[C@@H]3CCCNC3)cc2)s1. The highest BCUT2D eigenvalue weighted by Crippen LogP contribution is 2.35. The Balaban J connectivity index is 1.47. The average Bonchev–Trinajstić information content (AvgIpc) is 3.51. The molecule has 1 saturated heterocycles. The molecule has 7 nitrogen and oxygen atoms in total. The number of nitrogens with zero attached hydrogens (tertiary/aromatic N) is 4. The summed E-state index contributed by atoms with van der Waals surface area (Å²) in [7, 11) is 1.68. The van der Waals surface area contributed by atoms with Crippen LogP contribution in [0.1, 0.15) is 33.8 Å². The number of pyridine rings is 1. The monoisotopic (exact) mass is 493 g/mol. The highest BCUT2D eigenvalue weighted by Gasteiger charge is 2.30. The summed E-state index contributed by atoms with van der Waals surface area (Å²) in [6.07, 6.45) is 4.54. The van der Waals surface area contributed by atoms with Crippen molar-refractivity contribution in [2.24, 2.45) is 0 Å². The first kappa shape index (κ1) is 23.0. The van der Waals surface area contributed by atoms with E-state index in [9.17, 15) is 4.79 Å². The second-order valence-electron chi connectivity index (χ2n) is 8.42. The topological polar surface area (TPSA) is 80.2 Å². The molecule has 3 aromatic heterocycles. The first-order valence-electron chi connectivity index (χ1n) is 11.4. The van der Waals surface area contributed by atoms with Crippen LogP contribution in [-0.4, -0.2) is 53.9 Å². The molecule has 1 N–H and O–H groups in total. The number of carbonyl (C=O) groups excluding carboxylic acids is 1. The Morgan fingerprint density at radius 1 is 1.24 bits per heavy atom. The van der Waals surface area contributed by atoms with Crippen molar-refractivity contribution in [1.82, 2.24) is 20.5 Å². The minimum absolute atomic E-state index is 0.0242. The normalized spacial score (nSPS) is 16.1. The molecule has 1 atom stereocenters. The van der Waals surface area contributed by atoms with Crippen molar-refractivity contribution >= 4 is 44.5 Å². The summed E-state index contributed by atoms with van der Waals surface area (Å²) in [6, 6.07) is 9.76. The number of hydrogen-bond donors (Lipinski definition) is 1. The third-order valence-electron chi connectivity index (χ3n) is 6.10. The van der Waals surface area contributed by atoms with Gasteiger partial charge in [-0.2, -0.15) is 0 Å². The number of fused-ring (bicyclic) bond motifs is 1. The molecule has 0 spiro atoms. The molecular formula is C25H27N5O2S2. The van der Waals surface area contributed by atoms with Gasteiger partial charge in [0.05, 0.1) is 12.6 Å². The van der Waals surface area contributed by atoms with Crippen LogP contribution < -0.4 is 10.2 Å². The van der Waals surface area contributed by atoms with Gasteiger partial charge in [0.25, 0.3) is 5.91 Å². The van der Waals surface area contributed by atoms with E-state index in [1.54, 1.807) is 29.8 Å². The Hall–Kier alpha value is -2.72. The molecule has 4 heterocycles. The number of piperidine rings is 1. The summed E-state index contributed by atoms with van der Waals surface area (Å²) in [5, 5.41) is 17.0. The van der Waals surface area contributed by atoms with E-state index in [1.807, 2.05) is 41.4 Å². The van der Waals surface area contributed by atoms with Crippen LogP contribution in [0.5, 0.6) is 0 Å². The number of carbonyl (C=O) groups is 1. The number of thiophene rings is 1. The van der Waals surface area contributed by atoms with Gasteiger partial charge in [-0.3, -0.25) is 9.69 Å². The second-order valence-corrected chi connectivity index (χ2v) is 10.4. The predicted octanol–water partition coefficient (Wildman–Crippen LogP) is 4.71. The molecule has 34 heavy (non-hydrogen) atoms. The Bertz CT molecular complexity index is 1280. The molecule has 1 aliphatic rings. The minimum atomic E-state index is -0.0242. The smallest absolute Gasteiger partial charge is 0.259 e. The van der Waals surface area contributed by atoms with Gasteiger partial charge in [-0.1, -0.05) is 23.5 Å². The maximum absolute atomic E-state index is 13.9. The summed E-state index contributed by atoms with van der Waals surface area (Å²) in [4.78, 5) is 20.5. The van der Waals surface area contributed by atoms with Gasteiger partial charge in [0, 0.05) is 47.5 Å². The van der Waals surface area contributed by atoms with Crippen LogP contribution in [0.15, 0.2) is 41.9 Å². The third-order valence-corrected chi connectivity index (χ3v) is 8.20. The molecule has 176 valence electrons. The molecule has 1 fully saturated rings. The van der Waals surface area contributed by atoms with E-state index in [1.165, 1.54) is 0 Å². The van der Waals surface area contributed by atoms with E-state index >= 15 is 0 Å². The van der Waals surface area contributed by atoms with Gasteiger partial charge >= 0.3 is 0 Å². The van der Waals surface area contributed by atoms with Crippen LogP contribution in [0.2, 0.25) is 0 Å². The zero-order valence-corrected chi connectivity index (χ0v) is 20.9. The summed E-state index contributed by atoms with van der Waals surface area (Å²) in [6.45, 7) is 4.46. The van der Waals surface area contributed by atoms with E-state index in [2.05, 4.69) is 27.8 Å². The highest BCUT2D eigenvalue weighted by atomic mass is 32.1. The maximum atomic E-state index is 13.9. The molecule has 0 saturated carbocycles. The Kier molecular flexibility index (Phi) is 6.96. The third kappa shape index (κ3) is 4.61. The second kappa shape index (κ2) is 10.3.